The van der Waals surface area contributed by atoms with Crippen LogP contribution in [0.4, 0.5) is 4.39 Å². The fourth-order valence-electron chi connectivity index (χ4n) is 6.28. The number of pyridine rings is 3. The molecule has 240 valence electrons. The molecule has 0 bridgehead atoms. The smallest absolute Gasteiger partial charge is 0.160 e. The van der Waals surface area contributed by atoms with Gasteiger partial charge in [-0.05, 0) is 73.0 Å². The third kappa shape index (κ3) is 6.38. The highest BCUT2D eigenvalue weighted by Gasteiger charge is 2.18. The molecule has 1 saturated heterocycles. The van der Waals surface area contributed by atoms with Gasteiger partial charge in [0.2, 0.25) is 0 Å². The molecule has 2 aromatic carbocycles. The van der Waals surface area contributed by atoms with Crippen molar-refractivity contribution in [1.29, 1.82) is 0 Å². The maximum Gasteiger partial charge on any atom is 0.160 e. The van der Waals surface area contributed by atoms with Gasteiger partial charge in [-0.1, -0.05) is 30.3 Å². The van der Waals surface area contributed by atoms with Crippen molar-refractivity contribution in [3.63, 3.8) is 0 Å². The van der Waals surface area contributed by atoms with Crippen LogP contribution in [0.25, 0.3) is 56.0 Å². The van der Waals surface area contributed by atoms with Gasteiger partial charge >= 0.3 is 0 Å². The molecular weight excluding hydrogens is 605 g/mol. The maximum absolute atomic E-state index is 14.8. The van der Waals surface area contributed by atoms with Crippen LogP contribution in [-0.4, -0.2) is 66.3 Å². The minimum absolute atomic E-state index is 0.367. The van der Waals surface area contributed by atoms with E-state index < -0.39 is 0 Å². The minimum Gasteiger partial charge on any atom is -0.492 e. The number of imidazole rings is 1. The van der Waals surface area contributed by atoms with Crippen LogP contribution < -0.4 is 10.1 Å². The predicted molar refractivity (Wildman–Crippen MR) is 184 cm³/mol. The van der Waals surface area contributed by atoms with E-state index in [1.54, 1.807) is 12.4 Å². The molecular formula is C37H34FN9O. The Hall–Kier alpha value is -5.52. The zero-order valence-electron chi connectivity index (χ0n) is 26.3. The number of nitrogens with one attached hydrogen (secondary N) is 3. The highest BCUT2D eigenvalue weighted by Crippen LogP contribution is 2.33. The molecule has 0 unspecified atom stereocenters. The van der Waals surface area contributed by atoms with Crippen LogP contribution in [0.15, 0.2) is 91.5 Å². The van der Waals surface area contributed by atoms with Gasteiger partial charge in [-0.25, -0.2) is 14.4 Å². The number of hydrogen-bond acceptors (Lipinski definition) is 8. The van der Waals surface area contributed by atoms with E-state index in [1.165, 1.54) is 30.5 Å². The molecule has 0 spiro atoms. The van der Waals surface area contributed by atoms with Crippen LogP contribution >= 0.6 is 0 Å². The molecule has 0 atom stereocenters. The molecule has 0 saturated carbocycles. The van der Waals surface area contributed by atoms with Crippen LogP contribution in [0, 0.1) is 5.82 Å². The number of H-pyrrole nitrogens is 2. The first-order valence-electron chi connectivity index (χ1n) is 16.2. The van der Waals surface area contributed by atoms with E-state index in [9.17, 15) is 4.39 Å². The number of nitrogens with zero attached hydrogens (tertiary/aromatic N) is 6. The number of aromatic amines is 2. The maximum atomic E-state index is 14.8. The SMILES string of the molecule is Fc1cc(OCCN2CCCC2)cc(-c2ccnc3[nH]c(-c4n[nH]c5cnc(-c6cncc(CNCc7ccccc7)c6)cc45)nc23)c1. The topological polar surface area (TPSA) is 121 Å². The number of benzene rings is 2. The van der Waals surface area contributed by atoms with Crippen molar-refractivity contribution in [2.75, 3.05) is 26.2 Å². The van der Waals surface area contributed by atoms with Crippen molar-refractivity contribution in [2.24, 2.45) is 0 Å². The highest BCUT2D eigenvalue weighted by molar-refractivity contribution is 5.96. The van der Waals surface area contributed by atoms with Gasteiger partial charge in [0.1, 0.15) is 29.4 Å². The first-order valence-corrected chi connectivity index (χ1v) is 16.2. The molecule has 0 amide bonds. The fraction of sp³-hybridized carbons (Fsp3) is 0.216. The first kappa shape index (κ1) is 29.9. The minimum atomic E-state index is -0.367. The van der Waals surface area contributed by atoms with Crippen LogP contribution in [0.5, 0.6) is 5.75 Å². The second kappa shape index (κ2) is 13.3. The molecule has 10 nitrogen and oxygen atoms in total. The number of fused-ring (bicyclic) bond motifs is 2. The summed E-state index contributed by atoms with van der Waals surface area (Å²) in [5, 5.41) is 12.0. The second-order valence-corrected chi connectivity index (χ2v) is 12.1. The van der Waals surface area contributed by atoms with E-state index in [0.29, 0.717) is 47.1 Å². The predicted octanol–water partition coefficient (Wildman–Crippen LogP) is 6.53. The molecule has 5 aromatic heterocycles. The molecule has 1 aliphatic heterocycles. The summed E-state index contributed by atoms with van der Waals surface area (Å²) in [5.41, 5.74) is 7.99. The molecule has 8 rings (SSSR count). The van der Waals surface area contributed by atoms with Gasteiger partial charge in [-0.2, -0.15) is 5.10 Å². The Morgan fingerprint density at radius 2 is 1.75 bits per heavy atom. The van der Waals surface area contributed by atoms with E-state index in [1.807, 2.05) is 48.8 Å². The summed E-state index contributed by atoms with van der Waals surface area (Å²) in [6, 6.07) is 21.0. The average Bonchev–Trinajstić information content (AvgIpc) is 3.88. The van der Waals surface area contributed by atoms with Crippen molar-refractivity contribution in [1.82, 2.24) is 45.3 Å². The number of halogens is 1. The normalized spacial score (nSPS) is 13.5. The van der Waals surface area contributed by atoms with Crippen molar-refractivity contribution in [3.8, 4) is 39.7 Å². The number of rotatable bonds is 11. The van der Waals surface area contributed by atoms with Crippen LogP contribution in [0.2, 0.25) is 0 Å². The fourth-order valence-corrected chi connectivity index (χ4v) is 6.28. The highest BCUT2D eigenvalue weighted by atomic mass is 19.1. The lowest BCUT2D eigenvalue weighted by Crippen LogP contribution is -2.25. The van der Waals surface area contributed by atoms with Crippen molar-refractivity contribution >= 4 is 22.1 Å². The second-order valence-electron chi connectivity index (χ2n) is 12.1. The zero-order valence-corrected chi connectivity index (χ0v) is 26.3. The monoisotopic (exact) mass is 639 g/mol. The molecule has 1 aliphatic rings. The van der Waals surface area contributed by atoms with E-state index in [0.717, 1.165) is 59.5 Å². The Morgan fingerprint density at radius 1 is 0.875 bits per heavy atom. The first-order chi connectivity index (χ1) is 23.7. The molecule has 0 aliphatic carbocycles. The Labute approximate surface area is 276 Å². The standard InChI is InChI=1S/C37H34FN9O/c38-28-15-26(16-29(17-28)48-13-12-47-10-4-5-11-47)30-8-9-41-36-34(30)43-37(44-36)35-31-18-32(42-23-33(31)45-46-35)27-14-25(21-40-22-27)20-39-19-24-6-2-1-3-7-24/h1-3,6-9,14-18,21-23,39H,4-5,10-13,19-20H2,(H,45,46)(H,41,43,44). The van der Waals surface area contributed by atoms with E-state index in [4.69, 9.17) is 9.72 Å². The summed E-state index contributed by atoms with van der Waals surface area (Å²) in [7, 11) is 0. The van der Waals surface area contributed by atoms with Crippen LogP contribution in [0.3, 0.4) is 0 Å². The van der Waals surface area contributed by atoms with Gasteiger partial charge < -0.3 is 15.0 Å². The van der Waals surface area contributed by atoms with E-state index in [-0.39, 0.29) is 5.82 Å². The summed E-state index contributed by atoms with van der Waals surface area (Å²) in [6.45, 7) is 4.98. The van der Waals surface area contributed by atoms with Gasteiger partial charge in [-0.15, -0.1) is 0 Å². The summed E-state index contributed by atoms with van der Waals surface area (Å²) in [4.78, 5) is 24.3. The quantitative estimate of drug-likeness (QED) is 0.146. The van der Waals surface area contributed by atoms with Crippen LogP contribution in [-0.2, 0) is 13.1 Å². The summed E-state index contributed by atoms with van der Waals surface area (Å²) in [5.74, 6) is 0.672. The van der Waals surface area contributed by atoms with E-state index >= 15 is 0 Å². The number of hydrogen-bond donors (Lipinski definition) is 3. The van der Waals surface area contributed by atoms with Crippen molar-refractivity contribution < 1.29 is 9.13 Å². The third-order valence-electron chi connectivity index (χ3n) is 8.71. The Balaban J connectivity index is 1.05. The van der Waals surface area contributed by atoms with Crippen molar-refractivity contribution in [3.05, 3.63) is 108 Å². The van der Waals surface area contributed by atoms with Gasteiger partial charge in [0.25, 0.3) is 0 Å². The third-order valence-corrected chi connectivity index (χ3v) is 8.71. The molecule has 0 radical (unpaired) electrons. The summed E-state index contributed by atoms with van der Waals surface area (Å²) < 4.78 is 20.8. The Morgan fingerprint density at radius 3 is 2.65 bits per heavy atom. The lowest BCUT2D eigenvalue weighted by atomic mass is 10.1. The lowest BCUT2D eigenvalue weighted by molar-refractivity contribution is 0.237. The molecule has 3 N–H and O–H groups in total. The molecule has 1 fully saturated rings. The Bertz CT molecular complexity index is 2190. The molecule has 11 heteroatoms. The summed E-state index contributed by atoms with van der Waals surface area (Å²) in [6.07, 6.45) is 9.59. The Kier molecular flexibility index (Phi) is 8.27. The lowest BCUT2D eigenvalue weighted by Gasteiger charge is -2.15. The average molecular weight is 640 g/mol. The largest absolute Gasteiger partial charge is 0.492 e. The molecule has 48 heavy (non-hydrogen) atoms. The number of ether oxygens (including phenoxy) is 1. The zero-order chi connectivity index (χ0) is 32.3. The summed E-state index contributed by atoms with van der Waals surface area (Å²) >= 11 is 0. The van der Waals surface area contributed by atoms with Crippen molar-refractivity contribution in [2.45, 2.75) is 25.9 Å². The number of aromatic nitrogens is 7. The molecule has 7 aromatic rings. The van der Waals surface area contributed by atoms with Gasteiger partial charge in [0, 0.05) is 60.8 Å². The van der Waals surface area contributed by atoms with Gasteiger partial charge in [-0.3, -0.25) is 20.0 Å². The van der Waals surface area contributed by atoms with E-state index in [2.05, 4.69) is 58.5 Å². The number of likely N-dealkylation sites (tertiary alicyclic amines) is 1. The molecule has 6 heterocycles. The van der Waals surface area contributed by atoms with Gasteiger partial charge in [0.15, 0.2) is 11.5 Å². The van der Waals surface area contributed by atoms with Gasteiger partial charge in [0.05, 0.1) is 17.4 Å². The van der Waals surface area contributed by atoms with Crippen LogP contribution in [0.1, 0.15) is 24.0 Å².